The van der Waals surface area contributed by atoms with Crippen LogP contribution < -0.4 is 10.7 Å². The lowest BCUT2D eigenvalue weighted by atomic mass is 10.3. The number of hydrazone groups is 1. The van der Waals surface area contributed by atoms with E-state index in [4.69, 9.17) is 12.2 Å². The third kappa shape index (κ3) is 3.95. The molecule has 5 heteroatoms. The van der Waals surface area contributed by atoms with Crippen molar-refractivity contribution < 1.29 is 0 Å². The first-order valence-corrected chi connectivity index (χ1v) is 4.70. The number of thiocarbonyl (C=S) groups is 1. The molecule has 1 aromatic rings. The van der Waals surface area contributed by atoms with Crippen molar-refractivity contribution in [1.82, 2.24) is 15.7 Å². The average Bonchev–Trinajstić information content (AvgIpc) is 2.20. The molecule has 0 aromatic carbocycles. The topological polar surface area (TPSA) is 49.3 Å². The smallest absolute Gasteiger partial charge is 0.186 e. The van der Waals surface area contributed by atoms with Crippen LogP contribution in [0.1, 0.15) is 12.5 Å². The van der Waals surface area contributed by atoms with Gasteiger partial charge in [0.05, 0.1) is 6.21 Å². The maximum atomic E-state index is 4.92. The Hall–Kier alpha value is -1.49. The molecule has 2 N–H and O–H groups in total. The molecule has 1 heterocycles. The lowest BCUT2D eigenvalue weighted by Crippen LogP contribution is -2.31. The highest BCUT2D eigenvalue weighted by Crippen LogP contribution is 1.89. The maximum absolute atomic E-state index is 4.92. The largest absolute Gasteiger partial charge is 0.362 e. The molecule has 0 spiro atoms. The second kappa shape index (κ2) is 6.04. The molecule has 0 atom stereocenters. The van der Waals surface area contributed by atoms with Crippen molar-refractivity contribution in [3.8, 4) is 0 Å². The van der Waals surface area contributed by atoms with E-state index in [1.807, 2.05) is 19.1 Å². The van der Waals surface area contributed by atoms with Crippen molar-refractivity contribution in [2.75, 3.05) is 6.54 Å². The molecule has 0 fully saturated rings. The normalized spacial score (nSPS) is 10.1. The van der Waals surface area contributed by atoms with E-state index in [1.165, 1.54) is 0 Å². The van der Waals surface area contributed by atoms with Crippen LogP contribution in [0.5, 0.6) is 0 Å². The summed E-state index contributed by atoms with van der Waals surface area (Å²) >= 11 is 4.92. The summed E-state index contributed by atoms with van der Waals surface area (Å²) in [5.41, 5.74) is 3.68. The molecule has 4 nitrogen and oxygen atoms in total. The molecular formula is C9H12N4S. The van der Waals surface area contributed by atoms with E-state index >= 15 is 0 Å². The van der Waals surface area contributed by atoms with Crippen molar-refractivity contribution in [2.45, 2.75) is 6.92 Å². The summed E-state index contributed by atoms with van der Waals surface area (Å²) in [7, 11) is 0. The Morgan fingerprint density at radius 1 is 1.57 bits per heavy atom. The van der Waals surface area contributed by atoms with E-state index < -0.39 is 0 Å². The fraction of sp³-hybridized carbons (Fsp3) is 0.222. The summed E-state index contributed by atoms with van der Waals surface area (Å²) in [4.78, 5) is 3.90. The van der Waals surface area contributed by atoms with Gasteiger partial charge in [0.1, 0.15) is 0 Å². The minimum Gasteiger partial charge on any atom is -0.362 e. The number of hydrogen-bond donors (Lipinski definition) is 2. The number of nitrogens with one attached hydrogen (secondary N) is 2. The molecule has 0 aliphatic carbocycles. The lowest BCUT2D eigenvalue weighted by molar-refractivity contribution is 0.904. The standard InChI is InChI=1S/C9H12N4S/c1-2-11-9(14)13-12-7-8-3-5-10-6-4-8/h3-7H,2H2,1H3,(H2,11,13,14)/b12-7-. The maximum Gasteiger partial charge on any atom is 0.186 e. The van der Waals surface area contributed by atoms with Crippen molar-refractivity contribution >= 4 is 23.5 Å². The number of rotatable bonds is 3. The molecule has 74 valence electrons. The van der Waals surface area contributed by atoms with Crippen molar-refractivity contribution in [1.29, 1.82) is 0 Å². The highest BCUT2D eigenvalue weighted by molar-refractivity contribution is 7.80. The van der Waals surface area contributed by atoms with Gasteiger partial charge in [-0.25, -0.2) is 0 Å². The zero-order chi connectivity index (χ0) is 10.2. The molecule has 0 unspecified atom stereocenters. The van der Waals surface area contributed by atoms with Crippen LogP contribution in [0, 0.1) is 0 Å². The second-order valence-electron chi connectivity index (χ2n) is 2.51. The molecule has 0 amide bonds. The SMILES string of the molecule is CCNC(=S)N/N=C\c1ccncc1. The zero-order valence-corrected chi connectivity index (χ0v) is 8.71. The number of aromatic nitrogens is 1. The first-order chi connectivity index (χ1) is 6.83. The van der Waals surface area contributed by atoms with E-state index in [2.05, 4.69) is 20.8 Å². The summed E-state index contributed by atoms with van der Waals surface area (Å²) in [5, 5.41) is 7.41. The van der Waals surface area contributed by atoms with Crippen LogP contribution in [-0.2, 0) is 0 Å². The number of hydrogen-bond acceptors (Lipinski definition) is 3. The Bertz CT molecular complexity index is 310. The molecule has 1 rings (SSSR count). The Morgan fingerprint density at radius 2 is 2.29 bits per heavy atom. The predicted octanol–water partition coefficient (Wildman–Crippen LogP) is 0.900. The fourth-order valence-electron chi connectivity index (χ4n) is 0.815. The van der Waals surface area contributed by atoms with Gasteiger partial charge in [-0.1, -0.05) is 0 Å². The fourth-order valence-corrected chi connectivity index (χ4v) is 1.01. The molecule has 14 heavy (non-hydrogen) atoms. The van der Waals surface area contributed by atoms with Gasteiger partial charge in [-0.15, -0.1) is 0 Å². The molecule has 0 radical (unpaired) electrons. The van der Waals surface area contributed by atoms with Crippen LogP contribution in [0.25, 0.3) is 0 Å². The van der Waals surface area contributed by atoms with Gasteiger partial charge >= 0.3 is 0 Å². The van der Waals surface area contributed by atoms with Crippen LogP contribution >= 0.6 is 12.2 Å². The molecule has 0 aliphatic rings. The zero-order valence-electron chi connectivity index (χ0n) is 7.90. The van der Waals surface area contributed by atoms with E-state index in [0.29, 0.717) is 5.11 Å². The first-order valence-electron chi connectivity index (χ1n) is 4.30. The summed E-state index contributed by atoms with van der Waals surface area (Å²) in [6.45, 7) is 2.76. The lowest BCUT2D eigenvalue weighted by Gasteiger charge is -2.02. The van der Waals surface area contributed by atoms with E-state index in [9.17, 15) is 0 Å². The highest BCUT2D eigenvalue weighted by Gasteiger charge is 1.87. The Labute approximate surface area is 88.4 Å². The average molecular weight is 208 g/mol. The molecular weight excluding hydrogens is 196 g/mol. The Morgan fingerprint density at radius 3 is 2.93 bits per heavy atom. The van der Waals surface area contributed by atoms with Gasteiger partial charge in [0.15, 0.2) is 5.11 Å². The van der Waals surface area contributed by atoms with Crippen LogP contribution in [0.3, 0.4) is 0 Å². The van der Waals surface area contributed by atoms with Gasteiger partial charge in [0.2, 0.25) is 0 Å². The van der Waals surface area contributed by atoms with Crippen LogP contribution in [0.15, 0.2) is 29.6 Å². The third-order valence-electron chi connectivity index (χ3n) is 1.42. The highest BCUT2D eigenvalue weighted by atomic mass is 32.1. The minimum absolute atomic E-state index is 0.526. The van der Waals surface area contributed by atoms with E-state index in [1.54, 1.807) is 18.6 Å². The molecule has 0 saturated carbocycles. The summed E-state index contributed by atoms with van der Waals surface area (Å²) < 4.78 is 0. The Kier molecular flexibility index (Phi) is 4.57. The first kappa shape index (κ1) is 10.6. The van der Waals surface area contributed by atoms with Crippen LogP contribution in [0.4, 0.5) is 0 Å². The van der Waals surface area contributed by atoms with Crippen LogP contribution in [-0.4, -0.2) is 22.9 Å². The molecule has 0 saturated heterocycles. The number of nitrogens with zero attached hydrogens (tertiary/aromatic N) is 2. The molecule has 0 aliphatic heterocycles. The Balaban J connectivity index is 2.38. The summed E-state index contributed by atoms with van der Waals surface area (Å²) in [6.07, 6.45) is 5.11. The van der Waals surface area contributed by atoms with Gasteiger partial charge in [-0.3, -0.25) is 10.4 Å². The summed E-state index contributed by atoms with van der Waals surface area (Å²) in [5.74, 6) is 0. The number of pyridine rings is 1. The van der Waals surface area contributed by atoms with Crippen LogP contribution in [0.2, 0.25) is 0 Å². The summed E-state index contributed by atoms with van der Waals surface area (Å²) in [6, 6.07) is 3.73. The minimum atomic E-state index is 0.526. The predicted molar refractivity (Wildman–Crippen MR) is 61.2 cm³/mol. The van der Waals surface area contributed by atoms with Gasteiger partial charge in [-0.05, 0) is 36.8 Å². The quantitative estimate of drug-likeness (QED) is 0.440. The van der Waals surface area contributed by atoms with Gasteiger partial charge in [-0.2, -0.15) is 5.10 Å². The van der Waals surface area contributed by atoms with Crippen molar-refractivity contribution in [3.63, 3.8) is 0 Å². The van der Waals surface area contributed by atoms with Crippen molar-refractivity contribution in [2.24, 2.45) is 5.10 Å². The second-order valence-corrected chi connectivity index (χ2v) is 2.92. The molecule has 0 bridgehead atoms. The van der Waals surface area contributed by atoms with Gasteiger partial charge in [0, 0.05) is 18.9 Å². The van der Waals surface area contributed by atoms with E-state index in [-0.39, 0.29) is 0 Å². The van der Waals surface area contributed by atoms with Crippen molar-refractivity contribution in [3.05, 3.63) is 30.1 Å². The van der Waals surface area contributed by atoms with E-state index in [0.717, 1.165) is 12.1 Å². The molecule has 1 aromatic heterocycles. The van der Waals surface area contributed by atoms with Gasteiger partial charge in [0.25, 0.3) is 0 Å². The van der Waals surface area contributed by atoms with Gasteiger partial charge < -0.3 is 5.32 Å². The third-order valence-corrected chi connectivity index (χ3v) is 1.66. The monoisotopic (exact) mass is 208 g/mol.